The molecule has 1 fully saturated rings. The van der Waals surface area contributed by atoms with Crippen LogP contribution < -0.4 is 5.32 Å². The lowest BCUT2D eigenvalue weighted by molar-refractivity contribution is -0.124. The quantitative estimate of drug-likeness (QED) is 0.750. The number of rotatable bonds is 6. The van der Waals surface area contributed by atoms with Gasteiger partial charge in [0, 0.05) is 19.6 Å². The molecule has 0 unspecified atom stereocenters. The number of esters is 1. The zero-order valence-corrected chi connectivity index (χ0v) is 15.5. The average molecular weight is 389 g/mol. The van der Waals surface area contributed by atoms with Gasteiger partial charge in [-0.2, -0.15) is 4.31 Å². The van der Waals surface area contributed by atoms with Gasteiger partial charge in [0.05, 0.1) is 15.5 Å². The maximum absolute atomic E-state index is 12.7. The molecule has 138 valence electrons. The number of carbonyl (C=O) groups is 2. The Morgan fingerprint density at radius 3 is 2.56 bits per heavy atom. The number of sulfonamides is 1. The Labute approximate surface area is 152 Å². The first-order valence-electron chi connectivity index (χ1n) is 8.09. The van der Waals surface area contributed by atoms with Crippen LogP contribution in [0.25, 0.3) is 0 Å². The summed E-state index contributed by atoms with van der Waals surface area (Å²) in [5.74, 6) is -1.28. The molecule has 0 aromatic heterocycles. The number of halogens is 1. The Kier molecular flexibility index (Phi) is 6.80. The molecule has 2 rings (SSSR count). The van der Waals surface area contributed by atoms with Crippen molar-refractivity contribution in [2.24, 2.45) is 0 Å². The Bertz CT molecular complexity index is 745. The molecule has 1 aliphatic heterocycles. The van der Waals surface area contributed by atoms with Crippen LogP contribution in [0.3, 0.4) is 0 Å². The smallest absolute Gasteiger partial charge is 0.340 e. The van der Waals surface area contributed by atoms with E-state index >= 15 is 0 Å². The summed E-state index contributed by atoms with van der Waals surface area (Å²) in [5, 5.41) is 2.56. The summed E-state index contributed by atoms with van der Waals surface area (Å²) in [7, 11) is -3.69. The summed E-state index contributed by atoms with van der Waals surface area (Å²) < 4.78 is 31.7. The molecule has 1 amide bonds. The molecule has 25 heavy (non-hydrogen) atoms. The highest BCUT2D eigenvalue weighted by molar-refractivity contribution is 7.89. The van der Waals surface area contributed by atoms with Crippen molar-refractivity contribution in [3.63, 3.8) is 0 Å². The fraction of sp³-hybridized carbons (Fsp3) is 0.500. The predicted molar refractivity (Wildman–Crippen MR) is 93.0 cm³/mol. The Balaban J connectivity index is 2.19. The minimum Gasteiger partial charge on any atom is -0.452 e. The van der Waals surface area contributed by atoms with Gasteiger partial charge in [-0.05, 0) is 38.0 Å². The lowest BCUT2D eigenvalue weighted by atomic mass is 10.2. The van der Waals surface area contributed by atoms with Crippen molar-refractivity contribution in [2.75, 3.05) is 26.2 Å². The Morgan fingerprint density at radius 2 is 1.92 bits per heavy atom. The summed E-state index contributed by atoms with van der Waals surface area (Å²) in [6.45, 7) is 2.63. The van der Waals surface area contributed by atoms with E-state index in [9.17, 15) is 18.0 Å². The molecular weight excluding hydrogens is 368 g/mol. The highest BCUT2D eigenvalue weighted by Crippen LogP contribution is 2.25. The summed E-state index contributed by atoms with van der Waals surface area (Å²) in [6, 6.07) is 3.92. The van der Waals surface area contributed by atoms with Crippen LogP contribution in [-0.2, 0) is 19.6 Å². The molecule has 1 aromatic carbocycles. The van der Waals surface area contributed by atoms with Gasteiger partial charge in [-0.1, -0.05) is 18.0 Å². The zero-order chi connectivity index (χ0) is 18.4. The van der Waals surface area contributed by atoms with Crippen LogP contribution in [0.1, 0.15) is 36.5 Å². The van der Waals surface area contributed by atoms with E-state index in [2.05, 4.69) is 5.32 Å². The molecule has 0 radical (unpaired) electrons. The van der Waals surface area contributed by atoms with Gasteiger partial charge < -0.3 is 10.1 Å². The van der Waals surface area contributed by atoms with Crippen LogP contribution in [0.15, 0.2) is 23.1 Å². The second-order valence-corrected chi connectivity index (χ2v) is 7.98. The summed E-state index contributed by atoms with van der Waals surface area (Å²) in [4.78, 5) is 23.5. The van der Waals surface area contributed by atoms with E-state index in [1.165, 1.54) is 22.5 Å². The van der Waals surface area contributed by atoms with Crippen molar-refractivity contribution >= 4 is 33.5 Å². The summed E-state index contributed by atoms with van der Waals surface area (Å²) in [6.07, 6.45) is 2.63. The van der Waals surface area contributed by atoms with Gasteiger partial charge in [-0.25, -0.2) is 13.2 Å². The van der Waals surface area contributed by atoms with Crippen LogP contribution in [0.4, 0.5) is 0 Å². The molecule has 9 heteroatoms. The van der Waals surface area contributed by atoms with Gasteiger partial charge in [0.1, 0.15) is 0 Å². The minimum absolute atomic E-state index is 0.0104. The molecule has 0 saturated carbocycles. The van der Waals surface area contributed by atoms with Crippen molar-refractivity contribution in [3.8, 4) is 0 Å². The molecule has 0 spiro atoms. The van der Waals surface area contributed by atoms with E-state index in [-0.39, 0.29) is 15.5 Å². The van der Waals surface area contributed by atoms with E-state index in [1.54, 1.807) is 6.92 Å². The highest BCUT2D eigenvalue weighted by Gasteiger charge is 2.27. The maximum Gasteiger partial charge on any atom is 0.340 e. The lowest BCUT2D eigenvalue weighted by Gasteiger charge is -2.26. The number of hydrogen-bond acceptors (Lipinski definition) is 5. The van der Waals surface area contributed by atoms with E-state index < -0.39 is 28.5 Å². The van der Waals surface area contributed by atoms with Crippen molar-refractivity contribution in [2.45, 2.75) is 31.1 Å². The van der Waals surface area contributed by atoms with Crippen molar-refractivity contribution in [1.82, 2.24) is 9.62 Å². The van der Waals surface area contributed by atoms with Crippen LogP contribution >= 0.6 is 11.6 Å². The van der Waals surface area contributed by atoms with Gasteiger partial charge in [-0.15, -0.1) is 0 Å². The van der Waals surface area contributed by atoms with Crippen LogP contribution in [0.5, 0.6) is 0 Å². The number of piperidine rings is 1. The van der Waals surface area contributed by atoms with Crippen LogP contribution in [0, 0.1) is 0 Å². The van der Waals surface area contributed by atoms with Gasteiger partial charge in [0.15, 0.2) is 6.61 Å². The van der Waals surface area contributed by atoms with Crippen LogP contribution in [-0.4, -0.2) is 50.8 Å². The third kappa shape index (κ3) is 4.93. The number of nitrogens with one attached hydrogen (secondary N) is 1. The first kappa shape index (κ1) is 19.7. The molecule has 1 aliphatic rings. The molecule has 1 N–H and O–H groups in total. The fourth-order valence-corrected chi connectivity index (χ4v) is 4.27. The maximum atomic E-state index is 12.7. The second-order valence-electron chi connectivity index (χ2n) is 5.64. The zero-order valence-electron chi connectivity index (χ0n) is 14.0. The largest absolute Gasteiger partial charge is 0.452 e. The number of ether oxygens (including phenoxy) is 1. The summed E-state index contributed by atoms with van der Waals surface area (Å²) in [5.41, 5.74) is -0.0796. The molecular formula is C16H21ClN2O5S. The average Bonchev–Trinajstić information content (AvgIpc) is 2.61. The molecule has 7 nitrogen and oxygen atoms in total. The number of amides is 1. The molecule has 0 atom stereocenters. The predicted octanol–water partition coefficient (Wildman–Crippen LogP) is 1.81. The van der Waals surface area contributed by atoms with E-state index in [1.807, 2.05) is 0 Å². The Hall–Kier alpha value is -1.64. The van der Waals surface area contributed by atoms with Crippen molar-refractivity contribution < 1.29 is 22.7 Å². The Morgan fingerprint density at radius 1 is 1.24 bits per heavy atom. The normalized spacial score (nSPS) is 15.6. The third-order valence-electron chi connectivity index (χ3n) is 3.82. The number of benzene rings is 1. The van der Waals surface area contributed by atoms with Gasteiger partial charge >= 0.3 is 5.97 Å². The third-order valence-corrected chi connectivity index (χ3v) is 6.04. The fourth-order valence-electron chi connectivity index (χ4n) is 2.53. The molecule has 1 heterocycles. The number of carbonyl (C=O) groups excluding carboxylic acids is 2. The van der Waals surface area contributed by atoms with Gasteiger partial charge in [-0.3, -0.25) is 4.79 Å². The van der Waals surface area contributed by atoms with Crippen molar-refractivity contribution in [3.05, 3.63) is 28.8 Å². The lowest BCUT2D eigenvalue weighted by Crippen LogP contribution is -2.35. The number of likely N-dealkylation sites (N-methyl/N-ethyl adjacent to an activating group) is 1. The number of hydrogen-bond donors (Lipinski definition) is 1. The minimum atomic E-state index is -3.69. The SMILES string of the molecule is CCNC(=O)COC(=O)c1cc(S(=O)(=O)N2CCCCC2)ccc1Cl. The summed E-state index contributed by atoms with van der Waals surface area (Å²) >= 11 is 5.99. The van der Waals surface area contributed by atoms with E-state index in [0.29, 0.717) is 19.6 Å². The van der Waals surface area contributed by atoms with E-state index in [0.717, 1.165) is 19.3 Å². The van der Waals surface area contributed by atoms with Crippen LogP contribution in [0.2, 0.25) is 5.02 Å². The standard InChI is InChI=1S/C16H21ClN2O5S/c1-2-18-15(20)11-24-16(21)13-10-12(6-7-14(13)17)25(22,23)19-8-4-3-5-9-19/h6-7,10H,2-5,8-9,11H2,1H3,(H,18,20). The first-order valence-corrected chi connectivity index (χ1v) is 9.91. The monoisotopic (exact) mass is 388 g/mol. The first-order chi connectivity index (χ1) is 11.9. The van der Waals surface area contributed by atoms with Gasteiger partial charge in [0.25, 0.3) is 5.91 Å². The second kappa shape index (κ2) is 8.64. The molecule has 0 bridgehead atoms. The van der Waals surface area contributed by atoms with Gasteiger partial charge in [0.2, 0.25) is 10.0 Å². The molecule has 0 aliphatic carbocycles. The highest BCUT2D eigenvalue weighted by atomic mass is 35.5. The van der Waals surface area contributed by atoms with E-state index in [4.69, 9.17) is 16.3 Å². The molecule has 1 saturated heterocycles. The molecule has 1 aromatic rings. The number of nitrogens with zero attached hydrogens (tertiary/aromatic N) is 1. The van der Waals surface area contributed by atoms with Crippen molar-refractivity contribution in [1.29, 1.82) is 0 Å². The topological polar surface area (TPSA) is 92.8 Å².